The van der Waals surface area contributed by atoms with Crippen LogP contribution in [0.2, 0.25) is 0 Å². The Hall–Kier alpha value is -2.99. The van der Waals surface area contributed by atoms with Crippen LogP contribution >= 0.6 is 0 Å². The van der Waals surface area contributed by atoms with Crippen molar-refractivity contribution in [3.05, 3.63) is 60.8 Å². The molecule has 2 aromatic carbocycles. The first-order valence-electron chi connectivity index (χ1n) is 9.75. The molecule has 0 spiro atoms. The van der Waals surface area contributed by atoms with Gasteiger partial charge in [-0.2, -0.15) is 0 Å². The molecule has 0 unspecified atom stereocenters. The molecule has 3 rings (SSSR count). The second-order valence-corrected chi connectivity index (χ2v) is 6.87. The minimum absolute atomic E-state index is 0.313. The lowest BCUT2D eigenvalue weighted by molar-refractivity contribution is -0.129. The molecule has 1 amide bonds. The van der Waals surface area contributed by atoms with Crippen LogP contribution in [-0.4, -0.2) is 26.1 Å². The van der Waals surface area contributed by atoms with E-state index in [1.807, 2.05) is 35.1 Å². The molecule has 6 nitrogen and oxygen atoms in total. The first kappa shape index (κ1) is 19.8. The Morgan fingerprint density at radius 2 is 1.61 bits per heavy atom. The van der Waals surface area contributed by atoms with Gasteiger partial charge in [0.2, 0.25) is 5.91 Å². The standard InChI is InChI=1S/C22H26N4O2/c27-22(24-28)14-7-2-1-3-8-15-26-17-21(23-25-26)20-13-9-12-19(16-20)18-10-5-4-6-11-18/h4-6,9-13,16-17,28H,1-3,7-8,14-15H2,(H,24,27). The van der Waals surface area contributed by atoms with Gasteiger partial charge in [-0.05, 0) is 30.0 Å². The molecule has 3 aromatic rings. The van der Waals surface area contributed by atoms with Gasteiger partial charge in [-0.15, -0.1) is 5.10 Å². The second kappa shape index (κ2) is 10.4. The zero-order valence-corrected chi connectivity index (χ0v) is 15.9. The van der Waals surface area contributed by atoms with Crippen LogP contribution in [0.1, 0.15) is 38.5 Å². The van der Waals surface area contributed by atoms with Crippen LogP contribution < -0.4 is 5.48 Å². The summed E-state index contributed by atoms with van der Waals surface area (Å²) in [5.74, 6) is -0.313. The van der Waals surface area contributed by atoms with E-state index in [-0.39, 0.29) is 5.91 Å². The van der Waals surface area contributed by atoms with Gasteiger partial charge in [-0.1, -0.05) is 73.0 Å². The molecule has 0 bridgehead atoms. The average Bonchev–Trinajstić information content (AvgIpc) is 3.22. The summed E-state index contributed by atoms with van der Waals surface area (Å²) in [6.07, 6.45) is 7.35. The first-order chi connectivity index (χ1) is 13.8. The zero-order chi connectivity index (χ0) is 19.6. The number of carbonyl (C=O) groups is 1. The Kier molecular flexibility index (Phi) is 7.32. The Morgan fingerprint density at radius 3 is 2.43 bits per heavy atom. The fourth-order valence-corrected chi connectivity index (χ4v) is 3.17. The fraction of sp³-hybridized carbons (Fsp3) is 0.318. The van der Waals surface area contributed by atoms with Crippen molar-refractivity contribution in [2.45, 2.75) is 45.1 Å². The molecule has 0 fully saturated rings. The Bertz CT molecular complexity index is 877. The molecule has 0 atom stereocenters. The van der Waals surface area contributed by atoms with Gasteiger partial charge < -0.3 is 0 Å². The van der Waals surface area contributed by atoms with E-state index in [2.05, 4.69) is 40.6 Å². The van der Waals surface area contributed by atoms with E-state index in [0.717, 1.165) is 49.9 Å². The number of rotatable bonds is 10. The van der Waals surface area contributed by atoms with Crippen LogP contribution in [0, 0.1) is 0 Å². The van der Waals surface area contributed by atoms with Gasteiger partial charge in [0.25, 0.3) is 0 Å². The van der Waals surface area contributed by atoms with Crippen molar-refractivity contribution in [3.63, 3.8) is 0 Å². The molecule has 0 saturated heterocycles. The summed E-state index contributed by atoms with van der Waals surface area (Å²) < 4.78 is 1.89. The molecule has 0 aliphatic rings. The third kappa shape index (κ3) is 5.76. The lowest BCUT2D eigenvalue weighted by Gasteiger charge is -2.03. The number of nitrogens with one attached hydrogen (secondary N) is 1. The van der Waals surface area contributed by atoms with Crippen LogP contribution in [0.4, 0.5) is 0 Å². The number of hydrogen-bond acceptors (Lipinski definition) is 4. The van der Waals surface area contributed by atoms with E-state index >= 15 is 0 Å². The van der Waals surface area contributed by atoms with Crippen LogP contribution in [0.25, 0.3) is 22.4 Å². The van der Waals surface area contributed by atoms with Crippen molar-refractivity contribution in [3.8, 4) is 22.4 Å². The monoisotopic (exact) mass is 378 g/mol. The maximum Gasteiger partial charge on any atom is 0.243 e. The summed E-state index contributed by atoms with van der Waals surface area (Å²) in [4.78, 5) is 10.9. The molecule has 146 valence electrons. The third-order valence-corrected chi connectivity index (χ3v) is 4.72. The molecule has 28 heavy (non-hydrogen) atoms. The number of unbranched alkanes of at least 4 members (excludes halogenated alkanes) is 4. The van der Waals surface area contributed by atoms with Gasteiger partial charge in [0, 0.05) is 18.5 Å². The predicted octanol–water partition coefficient (Wildman–Crippen LogP) is 4.46. The van der Waals surface area contributed by atoms with Gasteiger partial charge >= 0.3 is 0 Å². The summed E-state index contributed by atoms with van der Waals surface area (Å²) in [6.45, 7) is 0.836. The summed E-state index contributed by atoms with van der Waals surface area (Å²) in [7, 11) is 0. The van der Waals surface area contributed by atoms with Crippen molar-refractivity contribution >= 4 is 5.91 Å². The molecule has 0 aliphatic heterocycles. The van der Waals surface area contributed by atoms with E-state index < -0.39 is 0 Å². The summed E-state index contributed by atoms with van der Waals surface area (Å²) >= 11 is 0. The predicted molar refractivity (Wildman–Crippen MR) is 109 cm³/mol. The number of amides is 1. The van der Waals surface area contributed by atoms with E-state index in [4.69, 9.17) is 5.21 Å². The van der Waals surface area contributed by atoms with Crippen LogP contribution in [0.5, 0.6) is 0 Å². The highest BCUT2D eigenvalue weighted by Crippen LogP contribution is 2.25. The van der Waals surface area contributed by atoms with Gasteiger partial charge in [-0.25, -0.2) is 5.48 Å². The number of nitrogens with zero attached hydrogens (tertiary/aromatic N) is 3. The molecule has 0 aliphatic carbocycles. The maximum atomic E-state index is 10.9. The zero-order valence-electron chi connectivity index (χ0n) is 15.9. The SMILES string of the molecule is O=C(CCCCCCCn1cc(-c2cccc(-c3ccccc3)c2)nn1)NO. The summed E-state index contributed by atoms with van der Waals surface area (Å²) in [6, 6.07) is 18.7. The highest BCUT2D eigenvalue weighted by Gasteiger charge is 2.06. The Morgan fingerprint density at radius 1 is 0.893 bits per heavy atom. The van der Waals surface area contributed by atoms with Gasteiger partial charge in [0.05, 0.1) is 6.20 Å². The van der Waals surface area contributed by atoms with Crippen LogP contribution in [0.15, 0.2) is 60.8 Å². The fourth-order valence-electron chi connectivity index (χ4n) is 3.17. The topological polar surface area (TPSA) is 80.0 Å². The van der Waals surface area contributed by atoms with E-state index in [1.54, 1.807) is 5.48 Å². The molecule has 1 aromatic heterocycles. The number of hydrogen-bond donors (Lipinski definition) is 2. The van der Waals surface area contributed by atoms with Crippen molar-refractivity contribution in [1.29, 1.82) is 0 Å². The van der Waals surface area contributed by atoms with Crippen LogP contribution in [0.3, 0.4) is 0 Å². The molecule has 2 N–H and O–H groups in total. The third-order valence-electron chi connectivity index (χ3n) is 4.72. The van der Waals surface area contributed by atoms with Gasteiger partial charge in [0.15, 0.2) is 0 Å². The quantitative estimate of drug-likeness (QED) is 0.310. The number of benzene rings is 2. The highest BCUT2D eigenvalue weighted by atomic mass is 16.5. The highest BCUT2D eigenvalue weighted by molar-refractivity contribution is 5.74. The van der Waals surface area contributed by atoms with E-state index in [1.165, 1.54) is 11.1 Å². The molecule has 6 heteroatoms. The Balaban J connectivity index is 1.47. The number of aromatic nitrogens is 3. The maximum absolute atomic E-state index is 10.9. The van der Waals surface area contributed by atoms with E-state index in [0.29, 0.717) is 6.42 Å². The Labute approximate surface area is 165 Å². The second-order valence-electron chi connectivity index (χ2n) is 6.87. The van der Waals surface area contributed by atoms with E-state index in [9.17, 15) is 4.79 Å². The molecule has 0 radical (unpaired) electrons. The smallest absolute Gasteiger partial charge is 0.243 e. The van der Waals surface area contributed by atoms with Crippen molar-refractivity contribution < 1.29 is 10.0 Å². The minimum Gasteiger partial charge on any atom is -0.289 e. The number of carbonyl (C=O) groups excluding carboxylic acids is 1. The molecule has 1 heterocycles. The summed E-state index contributed by atoms with van der Waals surface area (Å²) in [5, 5.41) is 17.0. The first-order valence-corrected chi connectivity index (χ1v) is 9.75. The van der Waals surface area contributed by atoms with Crippen molar-refractivity contribution in [2.75, 3.05) is 0 Å². The summed E-state index contributed by atoms with van der Waals surface area (Å²) in [5.41, 5.74) is 5.96. The van der Waals surface area contributed by atoms with Gasteiger partial charge in [0.1, 0.15) is 5.69 Å². The van der Waals surface area contributed by atoms with Crippen LogP contribution in [-0.2, 0) is 11.3 Å². The minimum atomic E-state index is -0.313. The molecule has 0 saturated carbocycles. The normalized spacial score (nSPS) is 10.8. The van der Waals surface area contributed by atoms with Crippen molar-refractivity contribution in [1.82, 2.24) is 20.5 Å². The molecular formula is C22H26N4O2. The molecular weight excluding hydrogens is 352 g/mol. The van der Waals surface area contributed by atoms with Gasteiger partial charge in [-0.3, -0.25) is 14.7 Å². The van der Waals surface area contributed by atoms with Crippen molar-refractivity contribution in [2.24, 2.45) is 0 Å². The average molecular weight is 378 g/mol. The lowest BCUT2D eigenvalue weighted by Crippen LogP contribution is -2.17. The number of aryl methyl sites for hydroxylation is 1. The number of hydroxylamine groups is 1. The lowest BCUT2D eigenvalue weighted by atomic mass is 10.0. The largest absolute Gasteiger partial charge is 0.289 e.